The van der Waals surface area contributed by atoms with Crippen LogP contribution in [0.3, 0.4) is 0 Å². The first-order valence-corrected chi connectivity index (χ1v) is 11.3. The van der Waals surface area contributed by atoms with Crippen LogP contribution in [0.5, 0.6) is 0 Å². The highest BCUT2D eigenvalue weighted by Crippen LogP contribution is 2.29. The molecular formula is C27H27N5O. The number of rotatable bonds is 5. The Kier molecular flexibility index (Phi) is 6.00. The van der Waals surface area contributed by atoms with Crippen LogP contribution in [0, 0.1) is 0 Å². The SMILES string of the molecule is Cn1cc(-c2cncc(C(=O)N3CCN(C(c4ccccc4)c4ccccc4)CC3)c2)cn1. The average Bonchev–Trinajstić information content (AvgIpc) is 3.32. The van der Waals surface area contributed by atoms with Gasteiger partial charge in [-0.1, -0.05) is 60.7 Å². The van der Waals surface area contributed by atoms with Gasteiger partial charge in [0.05, 0.1) is 17.8 Å². The fraction of sp³-hybridized carbons (Fsp3) is 0.222. The Bertz CT molecular complexity index is 1170. The minimum Gasteiger partial charge on any atom is -0.336 e. The van der Waals surface area contributed by atoms with Gasteiger partial charge in [-0.05, 0) is 17.2 Å². The molecule has 5 rings (SSSR count). The van der Waals surface area contributed by atoms with Gasteiger partial charge in [-0.2, -0.15) is 5.10 Å². The lowest BCUT2D eigenvalue weighted by Crippen LogP contribution is -2.49. The molecule has 0 unspecified atom stereocenters. The molecule has 0 aliphatic carbocycles. The molecule has 1 aliphatic rings. The van der Waals surface area contributed by atoms with Gasteiger partial charge in [0.15, 0.2) is 0 Å². The molecule has 0 spiro atoms. The van der Waals surface area contributed by atoms with Crippen molar-refractivity contribution in [1.29, 1.82) is 0 Å². The second kappa shape index (κ2) is 9.38. The van der Waals surface area contributed by atoms with Crippen molar-refractivity contribution in [2.24, 2.45) is 7.05 Å². The Balaban J connectivity index is 1.32. The number of pyridine rings is 1. The topological polar surface area (TPSA) is 54.3 Å². The first kappa shape index (κ1) is 21.1. The minimum atomic E-state index is 0.0314. The van der Waals surface area contributed by atoms with Crippen molar-refractivity contribution in [3.8, 4) is 11.1 Å². The maximum absolute atomic E-state index is 13.3. The van der Waals surface area contributed by atoms with Crippen molar-refractivity contribution < 1.29 is 4.79 Å². The zero-order chi connectivity index (χ0) is 22.6. The lowest BCUT2D eigenvalue weighted by atomic mass is 9.96. The van der Waals surface area contributed by atoms with E-state index in [0.29, 0.717) is 18.7 Å². The fourth-order valence-electron chi connectivity index (χ4n) is 4.54. The smallest absolute Gasteiger partial charge is 0.255 e. The van der Waals surface area contributed by atoms with E-state index in [2.05, 4.69) is 75.6 Å². The molecule has 1 amide bonds. The Labute approximate surface area is 194 Å². The largest absolute Gasteiger partial charge is 0.336 e. The Morgan fingerprint density at radius 2 is 1.45 bits per heavy atom. The highest BCUT2D eigenvalue weighted by molar-refractivity contribution is 5.95. The van der Waals surface area contributed by atoms with Gasteiger partial charge in [-0.3, -0.25) is 19.4 Å². The van der Waals surface area contributed by atoms with Crippen LogP contribution < -0.4 is 0 Å². The van der Waals surface area contributed by atoms with Crippen LogP contribution >= 0.6 is 0 Å². The molecule has 3 heterocycles. The van der Waals surface area contributed by atoms with Crippen LogP contribution in [0.2, 0.25) is 0 Å². The van der Waals surface area contributed by atoms with Crippen molar-refractivity contribution in [3.05, 3.63) is 108 Å². The third-order valence-electron chi connectivity index (χ3n) is 6.22. The summed E-state index contributed by atoms with van der Waals surface area (Å²) in [6.45, 7) is 3.00. The molecular weight excluding hydrogens is 410 g/mol. The molecule has 6 heteroatoms. The maximum Gasteiger partial charge on any atom is 0.255 e. The van der Waals surface area contributed by atoms with Crippen LogP contribution in [0.4, 0.5) is 0 Å². The van der Waals surface area contributed by atoms with Crippen LogP contribution in [0.25, 0.3) is 11.1 Å². The molecule has 0 radical (unpaired) electrons. The van der Waals surface area contributed by atoms with Crippen molar-refractivity contribution in [2.75, 3.05) is 26.2 Å². The molecule has 166 valence electrons. The van der Waals surface area contributed by atoms with Gasteiger partial charge in [0, 0.05) is 62.9 Å². The molecule has 1 fully saturated rings. The number of piperazine rings is 1. The third-order valence-corrected chi connectivity index (χ3v) is 6.22. The number of carbonyl (C=O) groups is 1. The van der Waals surface area contributed by atoms with E-state index in [-0.39, 0.29) is 11.9 Å². The molecule has 1 aliphatic heterocycles. The zero-order valence-corrected chi connectivity index (χ0v) is 18.7. The Morgan fingerprint density at radius 3 is 2.03 bits per heavy atom. The highest BCUT2D eigenvalue weighted by atomic mass is 16.2. The number of aromatic nitrogens is 3. The van der Waals surface area contributed by atoms with Crippen molar-refractivity contribution >= 4 is 5.91 Å². The fourth-order valence-corrected chi connectivity index (χ4v) is 4.54. The first-order chi connectivity index (χ1) is 16.2. The number of nitrogens with zero attached hydrogens (tertiary/aromatic N) is 5. The molecule has 6 nitrogen and oxygen atoms in total. The molecule has 0 saturated carbocycles. The monoisotopic (exact) mass is 437 g/mol. The van der Waals surface area contributed by atoms with Gasteiger partial charge in [-0.25, -0.2) is 0 Å². The van der Waals surface area contributed by atoms with E-state index in [0.717, 1.165) is 24.2 Å². The summed E-state index contributed by atoms with van der Waals surface area (Å²) in [6, 6.07) is 23.3. The maximum atomic E-state index is 13.3. The molecule has 0 atom stereocenters. The van der Waals surface area contributed by atoms with E-state index >= 15 is 0 Å². The summed E-state index contributed by atoms with van der Waals surface area (Å²) in [5.41, 5.74) is 5.03. The third kappa shape index (κ3) is 4.56. The van der Waals surface area contributed by atoms with Crippen LogP contribution in [-0.2, 0) is 7.05 Å². The van der Waals surface area contributed by atoms with E-state index in [9.17, 15) is 4.79 Å². The number of benzene rings is 2. The predicted octanol–water partition coefficient (Wildman–Crippen LogP) is 4.03. The standard InChI is InChI=1S/C27H27N5O/c1-30-20-25(19-29-30)23-16-24(18-28-17-23)27(33)32-14-12-31(13-15-32)26(21-8-4-2-5-9-21)22-10-6-3-7-11-22/h2-11,16-20,26H,12-15H2,1H3. The molecule has 2 aromatic carbocycles. The van der Waals surface area contributed by atoms with E-state index in [1.807, 2.05) is 24.2 Å². The number of aryl methyl sites for hydroxylation is 1. The molecule has 33 heavy (non-hydrogen) atoms. The van der Waals surface area contributed by atoms with Crippen molar-refractivity contribution in [1.82, 2.24) is 24.6 Å². The summed E-state index contributed by atoms with van der Waals surface area (Å²) < 4.78 is 1.75. The number of carbonyl (C=O) groups excluding carboxylic acids is 1. The zero-order valence-electron chi connectivity index (χ0n) is 18.7. The van der Waals surface area contributed by atoms with E-state index in [1.165, 1.54) is 11.1 Å². The summed E-state index contributed by atoms with van der Waals surface area (Å²) in [6.07, 6.45) is 7.15. The van der Waals surface area contributed by atoms with Gasteiger partial charge >= 0.3 is 0 Å². The Hall–Kier alpha value is -3.77. The van der Waals surface area contributed by atoms with Crippen LogP contribution in [0.1, 0.15) is 27.5 Å². The van der Waals surface area contributed by atoms with E-state index in [4.69, 9.17) is 0 Å². The summed E-state index contributed by atoms with van der Waals surface area (Å²) >= 11 is 0. The number of hydrogen-bond donors (Lipinski definition) is 0. The highest BCUT2D eigenvalue weighted by Gasteiger charge is 2.28. The number of hydrogen-bond acceptors (Lipinski definition) is 4. The van der Waals surface area contributed by atoms with Gasteiger partial charge < -0.3 is 4.90 Å². The van der Waals surface area contributed by atoms with Gasteiger partial charge in [0.1, 0.15) is 0 Å². The van der Waals surface area contributed by atoms with Gasteiger partial charge in [-0.15, -0.1) is 0 Å². The second-order valence-corrected chi connectivity index (χ2v) is 8.42. The van der Waals surface area contributed by atoms with Crippen molar-refractivity contribution in [3.63, 3.8) is 0 Å². The number of amides is 1. The van der Waals surface area contributed by atoms with Gasteiger partial charge in [0.2, 0.25) is 0 Å². The summed E-state index contributed by atoms with van der Waals surface area (Å²) in [4.78, 5) is 22.0. The van der Waals surface area contributed by atoms with Crippen LogP contribution in [-0.4, -0.2) is 56.7 Å². The Morgan fingerprint density at radius 1 is 0.818 bits per heavy atom. The summed E-state index contributed by atoms with van der Waals surface area (Å²) in [7, 11) is 1.88. The average molecular weight is 438 g/mol. The second-order valence-electron chi connectivity index (χ2n) is 8.42. The predicted molar refractivity (Wildman–Crippen MR) is 129 cm³/mol. The minimum absolute atomic E-state index is 0.0314. The molecule has 1 saturated heterocycles. The van der Waals surface area contributed by atoms with Crippen molar-refractivity contribution in [2.45, 2.75) is 6.04 Å². The van der Waals surface area contributed by atoms with E-state index in [1.54, 1.807) is 23.3 Å². The molecule has 4 aromatic rings. The van der Waals surface area contributed by atoms with Crippen LogP contribution in [0.15, 0.2) is 91.5 Å². The normalized spacial score (nSPS) is 14.5. The quantitative estimate of drug-likeness (QED) is 0.473. The summed E-state index contributed by atoms with van der Waals surface area (Å²) in [5.74, 6) is 0.0314. The molecule has 0 N–H and O–H groups in total. The lowest BCUT2D eigenvalue weighted by Gasteiger charge is -2.39. The summed E-state index contributed by atoms with van der Waals surface area (Å²) in [5, 5.41) is 4.22. The first-order valence-electron chi connectivity index (χ1n) is 11.3. The van der Waals surface area contributed by atoms with Gasteiger partial charge in [0.25, 0.3) is 5.91 Å². The lowest BCUT2D eigenvalue weighted by molar-refractivity contribution is 0.0597. The molecule has 0 bridgehead atoms. The molecule has 2 aromatic heterocycles. The van der Waals surface area contributed by atoms with E-state index < -0.39 is 0 Å².